The number of aliphatic hydroxyl groups excluding tert-OH is 1. The highest BCUT2D eigenvalue weighted by molar-refractivity contribution is 9.09. The molecule has 8 nitrogen and oxygen atoms in total. The number of hydrogen-bond donors (Lipinski definition) is 3. The third-order valence-corrected chi connectivity index (χ3v) is 9.38. The van der Waals surface area contributed by atoms with Crippen LogP contribution >= 0.6 is 15.9 Å². The molecule has 0 aliphatic carbocycles. The second-order valence-corrected chi connectivity index (χ2v) is 12.0. The van der Waals surface area contributed by atoms with Crippen molar-refractivity contribution in [1.29, 1.82) is 0 Å². The highest BCUT2D eigenvalue weighted by atomic mass is 79.9. The van der Waals surface area contributed by atoms with Crippen LogP contribution in [-0.2, 0) is 19.1 Å². The average molecular weight is 607 g/mol. The number of hydrogen-bond acceptors (Lipinski definition) is 5. The van der Waals surface area contributed by atoms with Crippen molar-refractivity contribution in [2.24, 2.45) is 11.8 Å². The third-order valence-electron chi connectivity index (χ3n) is 8.54. The lowest BCUT2D eigenvalue weighted by atomic mass is 9.70. The zero-order valence-corrected chi connectivity index (χ0v) is 23.7. The second kappa shape index (κ2) is 10.6. The Balaban J connectivity index is 1.42. The molecule has 3 heterocycles. The molecule has 0 saturated carbocycles. The molecule has 3 aliphatic rings. The quantitative estimate of drug-likeness (QED) is 0.339. The van der Waals surface area contributed by atoms with E-state index >= 15 is 0 Å². The van der Waals surface area contributed by atoms with Gasteiger partial charge in [-0.15, -0.1) is 0 Å². The second-order valence-electron chi connectivity index (χ2n) is 10.9. The number of alkyl halides is 1. The van der Waals surface area contributed by atoms with E-state index in [2.05, 4.69) is 26.6 Å². The maximum atomic E-state index is 14.3. The van der Waals surface area contributed by atoms with Gasteiger partial charge in [0.25, 0.3) is 0 Å². The van der Waals surface area contributed by atoms with E-state index in [1.165, 1.54) is 4.90 Å². The van der Waals surface area contributed by atoms with Gasteiger partial charge in [-0.3, -0.25) is 14.4 Å². The van der Waals surface area contributed by atoms with E-state index in [9.17, 15) is 19.5 Å². The molecule has 2 bridgehead atoms. The summed E-state index contributed by atoms with van der Waals surface area (Å²) in [7, 11) is 0. The van der Waals surface area contributed by atoms with Crippen molar-refractivity contribution in [2.75, 3.05) is 18.5 Å². The van der Waals surface area contributed by atoms with E-state index in [-0.39, 0.29) is 23.2 Å². The van der Waals surface area contributed by atoms with Crippen LogP contribution in [0, 0.1) is 11.8 Å². The lowest BCUT2D eigenvalue weighted by Gasteiger charge is -2.37. The molecule has 3 unspecified atom stereocenters. The first-order valence-corrected chi connectivity index (χ1v) is 14.7. The van der Waals surface area contributed by atoms with Crippen LogP contribution in [0.4, 0.5) is 5.69 Å². The Hall–Kier alpha value is -3.27. The number of ether oxygens (including phenoxy) is 1. The molecule has 3 N–H and O–H groups in total. The van der Waals surface area contributed by atoms with Gasteiger partial charge in [-0.05, 0) is 41.3 Å². The van der Waals surface area contributed by atoms with Gasteiger partial charge in [0.05, 0.1) is 30.6 Å². The smallest absolute Gasteiger partial charge is 0.250 e. The maximum absolute atomic E-state index is 14.3. The summed E-state index contributed by atoms with van der Waals surface area (Å²) in [5.74, 6) is -2.58. The van der Waals surface area contributed by atoms with E-state index in [0.717, 1.165) is 17.2 Å². The number of benzene rings is 3. The summed E-state index contributed by atoms with van der Waals surface area (Å²) >= 11 is 3.70. The summed E-state index contributed by atoms with van der Waals surface area (Å²) in [5, 5.41) is 18.6. The zero-order chi connectivity index (χ0) is 28.0. The van der Waals surface area contributed by atoms with Gasteiger partial charge in [0.2, 0.25) is 17.7 Å². The first kappa shape index (κ1) is 26.9. The van der Waals surface area contributed by atoms with Gasteiger partial charge >= 0.3 is 0 Å². The van der Waals surface area contributed by atoms with E-state index in [0.29, 0.717) is 24.2 Å². The molecule has 6 rings (SSSR count). The van der Waals surface area contributed by atoms with Crippen molar-refractivity contribution in [3.05, 3.63) is 78.4 Å². The summed E-state index contributed by atoms with van der Waals surface area (Å²) in [5.41, 5.74) is 0.0827. The van der Waals surface area contributed by atoms with Crippen molar-refractivity contribution < 1.29 is 24.2 Å². The van der Waals surface area contributed by atoms with Crippen LogP contribution in [0.5, 0.6) is 0 Å². The Bertz CT molecular complexity index is 1450. The first-order valence-electron chi connectivity index (χ1n) is 13.8. The molecule has 3 saturated heterocycles. The Kier molecular flexibility index (Phi) is 7.14. The van der Waals surface area contributed by atoms with Crippen LogP contribution < -0.4 is 10.6 Å². The van der Waals surface area contributed by atoms with Gasteiger partial charge in [-0.1, -0.05) is 83.5 Å². The number of fused-ring (bicyclic) bond motifs is 2. The van der Waals surface area contributed by atoms with Crippen molar-refractivity contribution in [3.8, 4) is 0 Å². The van der Waals surface area contributed by atoms with E-state index < -0.39 is 41.5 Å². The topological polar surface area (TPSA) is 108 Å². The van der Waals surface area contributed by atoms with Gasteiger partial charge in [-0.25, -0.2) is 0 Å². The fourth-order valence-electron chi connectivity index (χ4n) is 6.88. The summed E-state index contributed by atoms with van der Waals surface area (Å²) in [4.78, 5) is 43.3. The van der Waals surface area contributed by atoms with Crippen molar-refractivity contribution in [2.45, 2.75) is 48.4 Å². The van der Waals surface area contributed by atoms with E-state index in [1.54, 1.807) is 0 Å². The number of amides is 3. The minimum atomic E-state index is -1.22. The molecular formula is C31H32BrN3O5. The number of rotatable bonds is 8. The number of carbonyl (C=O) groups is 3. The first-order chi connectivity index (χ1) is 19.4. The molecular weight excluding hydrogens is 574 g/mol. The van der Waals surface area contributed by atoms with Crippen LogP contribution in [0.25, 0.3) is 10.8 Å². The standard InChI is InChI=1S/C31H32BrN3O5/c1-2-14-33-28(37)24-25-30(39)35(23(17-36)19-9-4-3-5-10-19)27(31(25)16-22(32)26(24)40-31)29(38)34-21-13-12-18-8-6-7-11-20(18)15-21/h3-13,15,22-27,36H,2,14,16-17H2,1H3,(H,33,37)(H,34,38)/t22?,23-,24-,25+,26-,27?,31?/m1/s1. The Morgan fingerprint density at radius 2 is 1.80 bits per heavy atom. The van der Waals surface area contributed by atoms with Gasteiger partial charge in [-0.2, -0.15) is 0 Å². The molecule has 3 aromatic carbocycles. The van der Waals surface area contributed by atoms with Gasteiger partial charge < -0.3 is 25.4 Å². The Labute approximate surface area is 241 Å². The summed E-state index contributed by atoms with van der Waals surface area (Å²) < 4.78 is 6.57. The Morgan fingerprint density at radius 3 is 2.52 bits per heavy atom. The van der Waals surface area contributed by atoms with Crippen LogP contribution in [0.1, 0.15) is 31.4 Å². The number of anilines is 1. The number of nitrogens with zero attached hydrogens (tertiary/aromatic N) is 1. The van der Waals surface area contributed by atoms with Crippen LogP contribution in [0.15, 0.2) is 72.8 Å². The maximum Gasteiger partial charge on any atom is 0.250 e. The van der Waals surface area contributed by atoms with Crippen molar-refractivity contribution in [3.63, 3.8) is 0 Å². The number of aliphatic hydroxyl groups is 1. The van der Waals surface area contributed by atoms with Gasteiger partial charge in [0.15, 0.2) is 0 Å². The molecule has 0 aromatic heterocycles. The SMILES string of the molecule is CCCNC(=O)[C@H]1[C@@H]2OC3(CC2Br)C(C(=O)Nc2ccc4ccccc4c2)N([C@H](CO)c2ccccc2)C(=O)[C@H]13. The summed E-state index contributed by atoms with van der Waals surface area (Å²) in [6.45, 7) is 2.07. The highest BCUT2D eigenvalue weighted by Gasteiger charge is 2.77. The molecule has 3 amide bonds. The number of nitrogens with one attached hydrogen (secondary N) is 2. The molecule has 0 radical (unpaired) electrons. The summed E-state index contributed by atoms with van der Waals surface area (Å²) in [6, 6.07) is 20.9. The Morgan fingerprint density at radius 1 is 1.07 bits per heavy atom. The number of carbonyl (C=O) groups excluding carboxylic acids is 3. The largest absolute Gasteiger partial charge is 0.394 e. The lowest BCUT2D eigenvalue weighted by molar-refractivity contribution is -0.144. The summed E-state index contributed by atoms with van der Waals surface area (Å²) in [6.07, 6.45) is 0.619. The molecule has 40 heavy (non-hydrogen) atoms. The molecule has 9 heteroatoms. The monoisotopic (exact) mass is 605 g/mol. The highest BCUT2D eigenvalue weighted by Crippen LogP contribution is 2.61. The fraction of sp³-hybridized carbons (Fsp3) is 0.387. The predicted octanol–water partition coefficient (Wildman–Crippen LogP) is 3.79. The van der Waals surface area contributed by atoms with E-state index in [4.69, 9.17) is 4.74 Å². The minimum absolute atomic E-state index is 0.200. The third kappa shape index (κ3) is 4.22. The van der Waals surface area contributed by atoms with Crippen LogP contribution in [0.3, 0.4) is 0 Å². The molecule has 1 spiro atoms. The average Bonchev–Trinajstić information content (AvgIpc) is 3.56. The van der Waals surface area contributed by atoms with Crippen LogP contribution in [-0.4, -0.2) is 63.5 Å². The molecule has 3 aliphatic heterocycles. The van der Waals surface area contributed by atoms with Gasteiger partial charge in [0, 0.05) is 17.1 Å². The molecule has 3 fully saturated rings. The molecule has 3 aromatic rings. The normalized spacial score (nSPS) is 29.4. The van der Waals surface area contributed by atoms with E-state index in [1.807, 2.05) is 79.7 Å². The number of halogens is 1. The van der Waals surface area contributed by atoms with Crippen LogP contribution in [0.2, 0.25) is 0 Å². The van der Waals surface area contributed by atoms with Crippen molar-refractivity contribution >= 4 is 50.1 Å². The van der Waals surface area contributed by atoms with Crippen molar-refractivity contribution in [1.82, 2.24) is 10.2 Å². The van der Waals surface area contributed by atoms with Gasteiger partial charge in [0.1, 0.15) is 11.6 Å². The lowest BCUT2D eigenvalue weighted by Crippen LogP contribution is -2.55. The molecule has 208 valence electrons. The minimum Gasteiger partial charge on any atom is -0.394 e. The number of likely N-dealkylation sites (tertiary alicyclic amines) is 1. The predicted molar refractivity (Wildman–Crippen MR) is 155 cm³/mol. The fourth-order valence-corrected chi connectivity index (χ4v) is 7.82. The zero-order valence-electron chi connectivity index (χ0n) is 22.1. The molecule has 7 atom stereocenters.